The minimum atomic E-state index is 1.10. The molecule has 0 fully saturated rings. The van der Waals surface area contributed by atoms with E-state index in [1.165, 1.54) is 38.3 Å². The largest absolute Gasteiger partial charge is 0.309 e. The van der Waals surface area contributed by atoms with Gasteiger partial charge in [-0.05, 0) is 47.2 Å². The molecule has 5 aromatic rings. The number of aromatic nitrogens is 1. The molecule has 0 amide bonds. The Balaban J connectivity index is 2.13. The van der Waals surface area contributed by atoms with Gasteiger partial charge >= 0.3 is 0 Å². The van der Waals surface area contributed by atoms with Crippen LogP contribution in [0.4, 0.5) is 0 Å². The van der Waals surface area contributed by atoms with Gasteiger partial charge in [0.05, 0.1) is 11.0 Å². The lowest BCUT2D eigenvalue weighted by molar-refractivity contribution is 1.18. The van der Waals surface area contributed by atoms with Crippen molar-refractivity contribution >= 4 is 64.4 Å². The van der Waals surface area contributed by atoms with Crippen LogP contribution in [0, 0.1) is 0 Å². The Labute approximate surface area is 150 Å². The summed E-state index contributed by atoms with van der Waals surface area (Å²) < 4.78 is 4.56. The van der Waals surface area contributed by atoms with Crippen LogP contribution in [0.5, 0.6) is 0 Å². The Kier molecular flexibility index (Phi) is 2.85. The Hall–Kier alpha value is -1.84. The van der Waals surface area contributed by atoms with Crippen molar-refractivity contribution in [1.29, 1.82) is 0 Å². The van der Waals surface area contributed by atoms with E-state index < -0.39 is 0 Å². The fourth-order valence-corrected chi connectivity index (χ4v) is 4.48. The molecule has 0 aliphatic carbocycles. The molecule has 0 aliphatic heterocycles. The third kappa shape index (κ3) is 1.90. The molecule has 0 atom stereocenters. The highest BCUT2D eigenvalue weighted by molar-refractivity contribution is 9.10. The van der Waals surface area contributed by atoms with Crippen molar-refractivity contribution in [3.05, 3.63) is 75.7 Å². The summed E-state index contributed by atoms with van der Waals surface area (Å²) in [7, 11) is 0. The zero-order valence-corrected chi connectivity index (χ0v) is 15.2. The molecule has 0 saturated carbocycles. The molecular weight excluding hydrogens is 414 g/mol. The van der Waals surface area contributed by atoms with Crippen LogP contribution in [0.3, 0.4) is 0 Å². The van der Waals surface area contributed by atoms with Gasteiger partial charge in [0.2, 0.25) is 0 Å². The molecule has 0 bridgehead atoms. The Morgan fingerprint density at radius 1 is 0.609 bits per heavy atom. The van der Waals surface area contributed by atoms with E-state index in [-0.39, 0.29) is 0 Å². The number of rotatable bonds is 1. The Morgan fingerprint density at radius 3 is 1.65 bits per heavy atom. The van der Waals surface area contributed by atoms with Crippen LogP contribution < -0.4 is 0 Å². The predicted octanol–water partition coefficient (Wildman–Crippen LogP) is 6.90. The van der Waals surface area contributed by atoms with E-state index in [1.807, 2.05) is 0 Å². The van der Waals surface area contributed by atoms with E-state index in [1.54, 1.807) is 0 Å². The Morgan fingerprint density at radius 2 is 1.13 bits per heavy atom. The van der Waals surface area contributed by atoms with Crippen molar-refractivity contribution in [2.24, 2.45) is 0 Å². The van der Waals surface area contributed by atoms with Crippen LogP contribution in [0.15, 0.2) is 75.7 Å². The maximum absolute atomic E-state index is 3.67. The van der Waals surface area contributed by atoms with Gasteiger partial charge < -0.3 is 4.57 Å². The van der Waals surface area contributed by atoms with Gasteiger partial charge in [-0.15, -0.1) is 0 Å². The van der Waals surface area contributed by atoms with Gasteiger partial charge in [-0.25, -0.2) is 0 Å². The first-order valence-corrected chi connectivity index (χ1v) is 9.02. The average Bonchev–Trinajstić information content (AvgIpc) is 2.87. The SMILES string of the molecule is Brc1cc2ccc3cc(Br)cc4c3c2c(c1)n4-c1ccccc1. The second-order valence-electron chi connectivity index (χ2n) is 5.78. The lowest BCUT2D eigenvalue weighted by Crippen LogP contribution is -1.93. The van der Waals surface area contributed by atoms with Crippen molar-refractivity contribution in [3.8, 4) is 5.69 Å². The lowest BCUT2D eigenvalue weighted by Gasteiger charge is -2.08. The molecule has 4 aromatic carbocycles. The molecule has 0 saturated heterocycles. The molecule has 0 spiro atoms. The van der Waals surface area contributed by atoms with Gasteiger partial charge in [-0.1, -0.05) is 62.2 Å². The second kappa shape index (κ2) is 4.83. The van der Waals surface area contributed by atoms with Gasteiger partial charge in [0, 0.05) is 25.4 Å². The molecule has 0 unspecified atom stereocenters. The summed E-state index contributed by atoms with van der Waals surface area (Å²) in [6.45, 7) is 0. The molecule has 0 aliphatic rings. The Bertz CT molecular complexity index is 1100. The van der Waals surface area contributed by atoms with Gasteiger partial charge in [0.25, 0.3) is 0 Å². The minimum Gasteiger partial charge on any atom is -0.309 e. The topological polar surface area (TPSA) is 4.93 Å². The van der Waals surface area contributed by atoms with E-state index in [2.05, 4.69) is 103 Å². The first-order chi connectivity index (χ1) is 11.2. The quantitative estimate of drug-likeness (QED) is 0.258. The van der Waals surface area contributed by atoms with E-state index in [9.17, 15) is 0 Å². The highest BCUT2D eigenvalue weighted by Gasteiger charge is 2.17. The molecule has 1 nitrogen and oxygen atoms in total. The number of para-hydroxylation sites is 1. The van der Waals surface area contributed by atoms with Crippen molar-refractivity contribution in [2.45, 2.75) is 0 Å². The normalized spacial score (nSPS) is 11.9. The molecule has 3 heteroatoms. The van der Waals surface area contributed by atoms with Gasteiger partial charge in [-0.2, -0.15) is 0 Å². The van der Waals surface area contributed by atoms with Gasteiger partial charge in [0.15, 0.2) is 0 Å². The first kappa shape index (κ1) is 13.6. The summed E-state index contributed by atoms with van der Waals surface area (Å²) in [5.41, 5.74) is 3.65. The van der Waals surface area contributed by atoms with E-state index in [4.69, 9.17) is 0 Å². The second-order valence-corrected chi connectivity index (χ2v) is 7.61. The van der Waals surface area contributed by atoms with Gasteiger partial charge in [-0.3, -0.25) is 0 Å². The van der Waals surface area contributed by atoms with Crippen LogP contribution in [0.2, 0.25) is 0 Å². The molecule has 110 valence electrons. The molecular formula is C20H11Br2N. The molecule has 5 rings (SSSR count). The summed E-state index contributed by atoms with van der Waals surface area (Å²) in [6, 6.07) is 23.8. The standard InChI is InChI=1S/C20H11Br2N/c21-14-8-12-6-7-13-9-15(22)11-18-20(13)19(12)17(10-14)23(18)16-4-2-1-3-5-16/h1-11H. The highest BCUT2D eigenvalue weighted by atomic mass is 79.9. The van der Waals surface area contributed by atoms with Crippen LogP contribution in [-0.2, 0) is 0 Å². The number of hydrogen-bond donors (Lipinski definition) is 0. The van der Waals surface area contributed by atoms with Crippen molar-refractivity contribution in [1.82, 2.24) is 4.57 Å². The maximum Gasteiger partial charge on any atom is 0.0558 e. The number of nitrogens with zero attached hydrogens (tertiary/aromatic N) is 1. The molecule has 23 heavy (non-hydrogen) atoms. The molecule has 0 N–H and O–H groups in total. The monoisotopic (exact) mass is 423 g/mol. The minimum absolute atomic E-state index is 1.10. The number of benzene rings is 4. The van der Waals surface area contributed by atoms with E-state index >= 15 is 0 Å². The van der Waals surface area contributed by atoms with Crippen LogP contribution >= 0.6 is 31.9 Å². The summed E-state index contributed by atoms with van der Waals surface area (Å²) in [5, 5.41) is 5.20. The van der Waals surface area contributed by atoms with Crippen molar-refractivity contribution < 1.29 is 0 Å². The van der Waals surface area contributed by atoms with Crippen LogP contribution in [-0.4, -0.2) is 4.57 Å². The van der Waals surface area contributed by atoms with Crippen LogP contribution in [0.1, 0.15) is 0 Å². The number of halogens is 2. The van der Waals surface area contributed by atoms with E-state index in [0.29, 0.717) is 0 Å². The highest BCUT2D eigenvalue weighted by Crippen LogP contribution is 2.41. The summed E-state index contributed by atoms with van der Waals surface area (Å²) in [4.78, 5) is 0. The summed E-state index contributed by atoms with van der Waals surface area (Å²) in [5.74, 6) is 0. The summed E-state index contributed by atoms with van der Waals surface area (Å²) >= 11 is 7.33. The van der Waals surface area contributed by atoms with Gasteiger partial charge in [0.1, 0.15) is 0 Å². The lowest BCUT2D eigenvalue weighted by atomic mass is 10.0. The molecule has 1 heterocycles. The third-order valence-corrected chi connectivity index (χ3v) is 5.33. The van der Waals surface area contributed by atoms with Crippen LogP contribution in [0.25, 0.3) is 38.3 Å². The summed E-state index contributed by atoms with van der Waals surface area (Å²) in [6.07, 6.45) is 0. The van der Waals surface area contributed by atoms with E-state index in [0.717, 1.165) is 8.95 Å². The zero-order valence-electron chi connectivity index (χ0n) is 12.1. The maximum atomic E-state index is 3.67. The smallest absolute Gasteiger partial charge is 0.0558 e. The van der Waals surface area contributed by atoms with Crippen molar-refractivity contribution in [2.75, 3.05) is 0 Å². The molecule has 1 aromatic heterocycles. The fourth-order valence-electron chi connectivity index (χ4n) is 3.55. The zero-order chi connectivity index (χ0) is 15.6. The fraction of sp³-hybridized carbons (Fsp3) is 0. The first-order valence-electron chi connectivity index (χ1n) is 7.43. The van der Waals surface area contributed by atoms with Crippen molar-refractivity contribution in [3.63, 3.8) is 0 Å². The number of hydrogen-bond acceptors (Lipinski definition) is 0. The predicted molar refractivity (Wildman–Crippen MR) is 105 cm³/mol. The molecule has 0 radical (unpaired) electrons. The third-order valence-electron chi connectivity index (χ3n) is 4.41. The average molecular weight is 425 g/mol.